The molecule has 0 spiro atoms. The molecule has 0 aromatic rings. The van der Waals surface area contributed by atoms with Crippen LogP contribution >= 0.6 is 0 Å². The van der Waals surface area contributed by atoms with Crippen molar-refractivity contribution in [1.82, 2.24) is 10.2 Å². The highest BCUT2D eigenvalue weighted by atomic mass is 19.4. The molecule has 104 valence electrons. The summed E-state index contributed by atoms with van der Waals surface area (Å²) < 4.78 is 35.9. The lowest BCUT2D eigenvalue weighted by Crippen LogP contribution is -2.48. The van der Waals surface area contributed by atoms with Gasteiger partial charge in [-0.25, -0.2) is 9.59 Å². The summed E-state index contributed by atoms with van der Waals surface area (Å²) in [5, 5.41) is 11.1. The van der Waals surface area contributed by atoms with Gasteiger partial charge in [-0.15, -0.1) is 0 Å². The molecular weight excluding hydrogens is 253 g/mol. The Bertz CT molecular complexity index is 329. The van der Waals surface area contributed by atoms with Crippen LogP contribution in [0.2, 0.25) is 0 Å². The number of rotatable bonds is 5. The molecule has 0 aromatic carbocycles. The monoisotopic (exact) mass is 268 g/mol. The zero-order chi connectivity index (χ0) is 13.9. The number of carbonyl (C=O) groups excluding carboxylic acids is 1. The van der Waals surface area contributed by atoms with E-state index < -0.39 is 37.2 Å². The molecule has 1 atom stereocenters. The van der Waals surface area contributed by atoms with Crippen molar-refractivity contribution < 1.29 is 27.9 Å². The number of halogens is 3. The molecule has 5 nitrogen and oxygen atoms in total. The fourth-order valence-electron chi connectivity index (χ4n) is 1.45. The molecule has 1 fully saturated rings. The zero-order valence-corrected chi connectivity index (χ0v) is 9.83. The number of hydrogen-bond acceptors (Lipinski definition) is 2. The molecule has 2 N–H and O–H groups in total. The van der Waals surface area contributed by atoms with E-state index in [-0.39, 0.29) is 5.92 Å². The molecular formula is C10H15F3N2O3. The number of alkyl halides is 3. The second-order valence-corrected chi connectivity index (χ2v) is 4.39. The molecule has 18 heavy (non-hydrogen) atoms. The van der Waals surface area contributed by atoms with Crippen LogP contribution in [-0.2, 0) is 4.79 Å². The third kappa shape index (κ3) is 4.80. The van der Waals surface area contributed by atoms with Crippen LogP contribution in [-0.4, -0.2) is 47.8 Å². The maximum atomic E-state index is 12.0. The van der Waals surface area contributed by atoms with Gasteiger partial charge in [-0.3, -0.25) is 0 Å². The largest absolute Gasteiger partial charge is 0.480 e. The Morgan fingerprint density at radius 3 is 2.39 bits per heavy atom. The number of aliphatic carboxylic acids is 1. The van der Waals surface area contributed by atoms with E-state index in [0.29, 0.717) is 12.8 Å². The molecule has 0 aromatic heterocycles. The minimum Gasteiger partial charge on any atom is -0.480 e. The molecule has 1 saturated carbocycles. The summed E-state index contributed by atoms with van der Waals surface area (Å²) in [5.74, 6) is -1.27. The van der Waals surface area contributed by atoms with Crippen molar-refractivity contribution in [3.8, 4) is 0 Å². The number of urea groups is 1. The number of carboxylic acid groups (broad SMARTS) is 1. The molecule has 0 bridgehead atoms. The van der Waals surface area contributed by atoms with Crippen molar-refractivity contribution in [3.63, 3.8) is 0 Å². The van der Waals surface area contributed by atoms with Gasteiger partial charge >= 0.3 is 18.2 Å². The van der Waals surface area contributed by atoms with E-state index in [1.165, 1.54) is 7.05 Å². The topological polar surface area (TPSA) is 69.6 Å². The van der Waals surface area contributed by atoms with E-state index >= 15 is 0 Å². The van der Waals surface area contributed by atoms with E-state index in [1.54, 1.807) is 0 Å². The quantitative estimate of drug-likeness (QED) is 0.792. The van der Waals surface area contributed by atoms with Crippen molar-refractivity contribution >= 4 is 12.0 Å². The Balaban J connectivity index is 2.41. The highest BCUT2D eigenvalue weighted by Gasteiger charge is 2.38. The number of nitrogens with zero attached hydrogens (tertiary/aromatic N) is 1. The SMILES string of the molecule is CN(CCC(F)(F)F)C(=O)NC(C(=O)O)C1CC1. The van der Waals surface area contributed by atoms with E-state index in [2.05, 4.69) is 5.32 Å². The minimum absolute atomic E-state index is 0.109. The second kappa shape index (κ2) is 5.45. The molecule has 0 saturated heterocycles. The smallest absolute Gasteiger partial charge is 0.390 e. The van der Waals surface area contributed by atoms with E-state index in [1.807, 2.05) is 0 Å². The lowest BCUT2D eigenvalue weighted by molar-refractivity contribution is -0.140. The standard InChI is InChI=1S/C10H15F3N2O3/c1-15(5-4-10(11,12)13)9(18)14-7(8(16)17)6-2-3-6/h6-7H,2-5H2,1H3,(H,14,18)(H,16,17). The maximum Gasteiger partial charge on any atom is 0.390 e. The number of hydrogen-bond donors (Lipinski definition) is 2. The summed E-state index contributed by atoms with van der Waals surface area (Å²) in [4.78, 5) is 23.2. The van der Waals surface area contributed by atoms with Gasteiger partial charge in [-0.05, 0) is 18.8 Å². The number of nitrogens with one attached hydrogen (secondary N) is 1. The lowest BCUT2D eigenvalue weighted by Gasteiger charge is -2.21. The number of amides is 2. The second-order valence-electron chi connectivity index (χ2n) is 4.39. The number of carboxylic acids is 1. The van der Waals surface area contributed by atoms with Gasteiger partial charge < -0.3 is 15.3 Å². The van der Waals surface area contributed by atoms with Crippen LogP contribution in [0.1, 0.15) is 19.3 Å². The van der Waals surface area contributed by atoms with Crippen molar-refractivity contribution in [2.75, 3.05) is 13.6 Å². The highest BCUT2D eigenvalue weighted by Crippen LogP contribution is 2.32. The van der Waals surface area contributed by atoms with Crippen molar-refractivity contribution in [3.05, 3.63) is 0 Å². The fourth-order valence-corrected chi connectivity index (χ4v) is 1.45. The third-order valence-corrected chi connectivity index (χ3v) is 2.72. The van der Waals surface area contributed by atoms with Gasteiger partial charge in [0.2, 0.25) is 0 Å². The number of carbonyl (C=O) groups is 2. The van der Waals surface area contributed by atoms with Crippen LogP contribution in [0.5, 0.6) is 0 Å². The molecule has 1 unspecified atom stereocenters. The van der Waals surface area contributed by atoms with Gasteiger partial charge in [-0.2, -0.15) is 13.2 Å². The van der Waals surface area contributed by atoms with Gasteiger partial charge in [0.15, 0.2) is 0 Å². The molecule has 0 radical (unpaired) electrons. The summed E-state index contributed by atoms with van der Waals surface area (Å²) in [6.07, 6.45) is -4.03. The Morgan fingerprint density at radius 1 is 1.44 bits per heavy atom. The molecule has 0 aliphatic heterocycles. The first-order chi connectivity index (χ1) is 8.20. The molecule has 1 rings (SSSR count). The van der Waals surface area contributed by atoms with Gasteiger partial charge in [0, 0.05) is 13.6 Å². The average Bonchev–Trinajstić information content (AvgIpc) is 3.04. The summed E-state index contributed by atoms with van der Waals surface area (Å²) in [6.45, 7) is -0.494. The summed E-state index contributed by atoms with van der Waals surface area (Å²) in [6, 6.07) is -1.80. The van der Waals surface area contributed by atoms with Crippen LogP contribution in [0.25, 0.3) is 0 Å². The third-order valence-electron chi connectivity index (χ3n) is 2.72. The van der Waals surface area contributed by atoms with Gasteiger partial charge in [0.1, 0.15) is 6.04 Å². The van der Waals surface area contributed by atoms with Gasteiger partial charge in [-0.1, -0.05) is 0 Å². The van der Waals surface area contributed by atoms with E-state index in [9.17, 15) is 22.8 Å². The van der Waals surface area contributed by atoms with Crippen LogP contribution < -0.4 is 5.32 Å². The maximum absolute atomic E-state index is 12.0. The molecule has 0 heterocycles. The minimum atomic E-state index is -4.34. The first-order valence-corrected chi connectivity index (χ1v) is 5.52. The van der Waals surface area contributed by atoms with E-state index in [0.717, 1.165) is 4.90 Å². The molecule has 1 aliphatic rings. The highest BCUT2D eigenvalue weighted by molar-refractivity contribution is 5.83. The van der Waals surface area contributed by atoms with Crippen LogP contribution in [0.4, 0.5) is 18.0 Å². The average molecular weight is 268 g/mol. The first-order valence-electron chi connectivity index (χ1n) is 5.52. The predicted molar refractivity (Wildman–Crippen MR) is 56.0 cm³/mol. The first kappa shape index (κ1) is 14.6. The fraction of sp³-hybridized carbons (Fsp3) is 0.800. The summed E-state index contributed by atoms with van der Waals surface area (Å²) >= 11 is 0. The molecule has 2 amide bonds. The summed E-state index contributed by atoms with van der Waals surface area (Å²) in [7, 11) is 1.20. The van der Waals surface area contributed by atoms with Crippen LogP contribution in [0.3, 0.4) is 0 Å². The van der Waals surface area contributed by atoms with Crippen molar-refractivity contribution in [2.45, 2.75) is 31.5 Å². The predicted octanol–water partition coefficient (Wildman–Crippen LogP) is 1.44. The van der Waals surface area contributed by atoms with Gasteiger partial charge in [0.25, 0.3) is 0 Å². The van der Waals surface area contributed by atoms with Gasteiger partial charge in [0.05, 0.1) is 6.42 Å². The molecule has 1 aliphatic carbocycles. The Hall–Kier alpha value is -1.47. The Kier molecular flexibility index (Phi) is 4.42. The summed E-state index contributed by atoms with van der Waals surface area (Å²) in [5.41, 5.74) is 0. The van der Waals surface area contributed by atoms with Crippen LogP contribution in [0.15, 0.2) is 0 Å². The zero-order valence-electron chi connectivity index (χ0n) is 9.83. The van der Waals surface area contributed by atoms with Crippen molar-refractivity contribution in [2.24, 2.45) is 5.92 Å². The molecule has 8 heteroatoms. The normalized spacial score (nSPS) is 17.1. The Morgan fingerprint density at radius 2 is 2.00 bits per heavy atom. The lowest BCUT2D eigenvalue weighted by atomic mass is 10.2. The Labute approximate surface area is 102 Å². The van der Waals surface area contributed by atoms with E-state index in [4.69, 9.17) is 5.11 Å². The van der Waals surface area contributed by atoms with Crippen LogP contribution in [0, 0.1) is 5.92 Å². The van der Waals surface area contributed by atoms with Crippen molar-refractivity contribution in [1.29, 1.82) is 0 Å².